The maximum Gasteiger partial charge on any atom is 0.251 e. The molecule has 0 saturated carbocycles. The van der Waals surface area contributed by atoms with Crippen LogP contribution in [-0.4, -0.2) is 36.0 Å². The zero-order valence-corrected chi connectivity index (χ0v) is 16.4. The molecular weight excluding hydrogens is 364 g/mol. The van der Waals surface area contributed by atoms with Gasteiger partial charge in [0.05, 0.1) is 5.02 Å². The van der Waals surface area contributed by atoms with Crippen LogP contribution in [0.5, 0.6) is 0 Å². The molecule has 0 aliphatic carbocycles. The van der Waals surface area contributed by atoms with E-state index in [0.717, 1.165) is 20.4 Å². The van der Waals surface area contributed by atoms with Crippen LogP contribution >= 0.6 is 23.4 Å². The molecule has 3 saturated heterocycles. The van der Waals surface area contributed by atoms with Crippen molar-refractivity contribution in [3.8, 4) is 0 Å². The van der Waals surface area contributed by atoms with Crippen molar-refractivity contribution in [1.82, 2.24) is 10.2 Å². The molecule has 3 aliphatic heterocycles. The summed E-state index contributed by atoms with van der Waals surface area (Å²) in [6.07, 6.45) is 2.39. The van der Waals surface area contributed by atoms with E-state index in [0.29, 0.717) is 12.0 Å². The molecule has 3 fully saturated rings. The lowest BCUT2D eigenvalue weighted by molar-refractivity contribution is 0.0217. The molecule has 3 nitrogen and oxygen atoms in total. The van der Waals surface area contributed by atoms with Crippen molar-refractivity contribution in [3.05, 3.63) is 59.1 Å². The first-order valence-electron chi connectivity index (χ1n) is 9.19. The van der Waals surface area contributed by atoms with Gasteiger partial charge in [-0.3, -0.25) is 9.69 Å². The molecule has 0 aromatic heterocycles. The molecule has 5 rings (SSSR count). The van der Waals surface area contributed by atoms with Gasteiger partial charge in [0.2, 0.25) is 0 Å². The highest BCUT2D eigenvalue weighted by molar-refractivity contribution is 7.99. The molecule has 0 radical (unpaired) electrons. The number of rotatable bonds is 4. The van der Waals surface area contributed by atoms with Crippen LogP contribution in [0.1, 0.15) is 30.1 Å². The summed E-state index contributed by atoms with van der Waals surface area (Å²) in [7, 11) is 0. The third-order valence-corrected chi connectivity index (χ3v) is 7.18. The Kier molecular flexibility index (Phi) is 5.25. The van der Waals surface area contributed by atoms with Gasteiger partial charge in [-0.25, -0.2) is 0 Å². The molecule has 5 heteroatoms. The maximum absolute atomic E-state index is 12.7. The lowest BCUT2D eigenvalue weighted by Gasteiger charge is -2.49. The molecule has 2 aromatic carbocycles. The van der Waals surface area contributed by atoms with Gasteiger partial charge in [-0.15, -0.1) is 0 Å². The zero-order chi connectivity index (χ0) is 18.1. The molecule has 26 heavy (non-hydrogen) atoms. The summed E-state index contributed by atoms with van der Waals surface area (Å²) in [5.74, 6) is 0.652. The fourth-order valence-corrected chi connectivity index (χ4v) is 5.20. The summed E-state index contributed by atoms with van der Waals surface area (Å²) in [5, 5.41) is 4.03. The number of hydrogen-bond acceptors (Lipinski definition) is 3. The Morgan fingerprint density at radius 3 is 2.46 bits per heavy atom. The van der Waals surface area contributed by atoms with Gasteiger partial charge in [-0.1, -0.05) is 35.5 Å². The Bertz CT molecular complexity index is 785. The fraction of sp³-hybridized carbons (Fsp3) is 0.381. The van der Waals surface area contributed by atoms with E-state index in [9.17, 15) is 4.79 Å². The first-order chi connectivity index (χ1) is 12.6. The summed E-state index contributed by atoms with van der Waals surface area (Å²) in [6, 6.07) is 16.3. The molecule has 2 aromatic rings. The second-order valence-corrected chi connectivity index (χ2v) is 8.69. The van der Waals surface area contributed by atoms with Crippen LogP contribution in [0.3, 0.4) is 0 Å². The first kappa shape index (κ1) is 17.9. The third-order valence-electron chi connectivity index (χ3n) is 5.66. The summed E-state index contributed by atoms with van der Waals surface area (Å²) < 4.78 is 0. The van der Waals surface area contributed by atoms with E-state index in [2.05, 4.69) is 17.1 Å². The molecular formula is C21H23ClN2OS. The van der Waals surface area contributed by atoms with E-state index >= 15 is 0 Å². The number of halogens is 1. The molecule has 0 unspecified atom stereocenters. The minimum atomic E-state index is 0.0323. The number of fused-ring (bicyclic) bond motifs is 3. The van der Waals surface area contributed by atoms with Crippen molar-refractivity contribution in [3.63, 3.8) is 0 Å². The van der Waals surface area contributed by atoms with Gasteiger partial charge < -0.3 is 5.32 Å². The smallest absolute Gasteiger partial charge is 0.251 e. The van der Waals surface area contributed by atoms with Crippen LogP contribution in [0, 0.1) is 5.92 Å². The van der Waals surface area contributed by atoms with Crippen molar-refractivity contribution >= 4 is 29.3 Å². The van der Waals surface area contributed by atoms with E-state index in [1.807, 2.05) is 48.5 Å². The summed E-state index contributed by atoms with van der Waals surface area (Å²) in [4.78, 5) is 17.3. The average Bonchev–Trinajstić information content (AvgIpc) is 2.67. The molecule has 3 heterocycles. The van der Waals surface area contributed by atoms with Gasteiger partial charge in [0.15, 0.2) is 0 Å². The van der Waals surface area contributed by atoms with Crippen molar-refractivity contribution in [2.45, 2.75) is 41.6 Å². The minimum Gasteiger partial charge on any atom is -0.347 e. The minimum absolute atomic E-state index is 0.0323. The normalized spacial score (nSPS) is 27.3. The van der Waals surface area contributed by atoms with Crippen molar-refractivity contribution < 1.29 is 4.79 Å². The highest BCUT2D eigenvalue weighted by Gasteiger charge is 2.40. The third kappa shape index (κ3) is 3.64. The molecule has 0 spiro atoms. The van der Waals surface area contributed by atoms with E-state index < -0.39 is 0 Å². The Balaban J connectivity index is 1.42. The first-order valence-corrected chi connectivity index (χ1v) is 10.4. The van der Waals surface area contributed by atoms with E-state index in [-0.39, 0.29) is 11.9 Å². The number of amides is 1. The van der Waals surface area contributed by atoms with Crippen LogP contribution in [0.2, 0.25) is 5.02 Å². The predicted octanol–water partition coefficient (Wildman–Crippen LogP) is 4.70. The summed E-state index contributed by atoms with van der Waals surface area (Å²) >= 11 is 7.83. The molecule has 1 N–H and O–H groups in total. The number of carbonyl (C=O) groups excluding carboxylic acids is 1. The largest absolute Gasteiger partial charge is 0.347 e. The molecule has 2 bridgehead atoms. The molecule has 136 valence electrons. The summed E-state index contributed by atoms with van der Waals surface area (Å²) in [5.41, 5.74) is 0.720. The van der Waals surface area contributed by atoms with Crippen LogP contribution in [0.4, 0.5) is 0 Å². The Morgan fingerprint density at radius 1 is 1.12 bits per heavy atom. The van der Waals surface area contributed by atoms with E-state index in [1.54, 1.807) is 11.8 Å². The van der Waals surface area contributed by atoms with E-state index in [4.69, 9.17) is 11.6 Å². The highest BCUT2D eigenvalue weighted by Crippen LogP contribution is 2.34. The van der Waals surface area contributed by atoms with Crippen molar-refractivity contribution in [2.75, 3.05) is 13.1 Å². The topological polar surface area (TPSA) is 32.3 Å². The highest BCUT2D eigenvalue weighted by atomic mass is 35.5. The van der Waals surface area contributed by atoms with Gasteiger partial charge in [0.25, 0.3) is 5.91 Å². The van der Waals surface area contributed by atoms with Gasteiger partial charge in [0.1, 0.15) is 0 Å². The van der Waals surface area contributed by atoms with Gasteiger partial charge in [0, 0.05) is 27.4 Å². The van der Waals surface area contributed by atoms with Crippen LogP contribution in [-0.2, 0) is 0 Å². The van der Waals surface area contributed by atoms with Gasteiger partial charge in [-0.2, -0.15) is 0 Å². The maximum atomic E-state index is 12.7. The Morgan fingerprint density at radius 2 is 1.81 bits per heavy atom. The lowest BCUT2D eigenvalue weighted by Crippen LogP contribution is -2.62. The van der Waals surface area contributed by atoms with Crippen LogP contribution in [0.15, 0.2) is 58.3 Å². The number of benzene rings is 2. The molecule has 3 aliphatic rings. The lowest BCUT2D eigenvalue weighted by atomic mass is 9.79. The van der Waals surface area contributed by atoms with Crippen molar-refractivity contribution in [2.24, 2.45) is 5.92 Å². The zero-order valence-electron chi connectivity index (χ0n) is 14.8. The number of carbonyl (C=O) groups is 1. The second kappa shape index (κ2) is 7.63. The second-order valence-electron chi connectivity index (χ2n) is 7.17. The SMILES string of the molecule is C[C@H]1[C@H](NC(=O)c2ccc(Sc3ccccc3Cl)cc2)C2CCN1CC2. The van der Waals surface area contributed by atoms with Crippen LogP contribution in [0.25, 0.3) is 0 Å². The standard InChI is InChI=1S/C21H23ClN2OS/c1-14-20(15-10-12-24(14)13-11-15)23-21(25)16-6-8-17(9-7-16)26-19-5-3-2-4-18(19)22/h2-9,14-15,20H,10-13H2,1H3,(H,23,25)/t14-,20-/m0/s1. The van der Waals surface area contributed by atoms with Gasteiger partial charge in [-0.05, 0) is 75.2 Å². The average molecular weight is 387 g/mol. The number of nitrogens with one attached hydrogen (secondary N) is 1. The fourth-order valence-electron chi connectivity index (χ4n) is 4.11. The van der Waals surface area contributed by atoms with Gasteiger partial charge >= 0.3 is 0 Å². The Labute approximate surface area is 164 Å². The molecule has 2 atom stereocenters. The summed E-state index contributed by atoms with van der Waals surface area (Å²) in [6.45, 7) is 4.58. The monoisotopic (exact) mass is 386 g/mol. The van der Waals surface area contributed by atoms with Crippen molar-refractivity contribution in [1.29, 1.82) is 0 Å². The molecule has 1 amide bonds. The van der Waals surface area contributed by atoms with E-state index in [1.165, 1.54) is 25.9 Å². The quantitative estimate of drug-likeness (QED) is 0.826. The number of nitrogens with zero attached hydrogens (tertiary/aromatic N) is 1. The number of piperidine rings is 3. The van der Waals surface area contributed by atoms with Crippen LogP contribution < -0.4 is 5.32 Å². The number of hydrogen-bond donors (Lipinski definition) is 1. The Hall–Kier alpha value is -1.49. The predicted molar refractivity (Wildman–Crippen MR) is 107 cm³/mol.